The van der Waals surface area contributed by atoms with Gasteiger partial charge in [-0.1, -0.05) is 17.7 Å². The number of guanidine groups is 1. The zero-order chi connectivity index (χ0) is 16.8. The number of benzene rings is 1. The third kappa shape index (κ3) is 6.24. The molecule has 1 aliphatic carbocycles. The van der Waals surface area contributed by atoms with E-state index < -0.39 is 0 Å². The van der Waals surface area contributed by atoms with Crippen LogP contribution in [-0.4, -0.2) is 29.8 Å². The van der Waals surface area contributed by atoms with Crippen LogP contribution in [-0.2, 0) is 6.54 Å². The summed E-state index contributed by atoms with van der Waals surface area (Å²) in [6.07, 6.45) is 3.66. The van der Waals surface area contributed by atoms with E-state index in [0.717, 1.165) is 38.2 Å². The highest BCUT2D eigenvalue weighted by Gasteiger charge is 2.20. The van der Waals surface area contributed by atoms with E-state index in [1.54, 1.807) is 0 Å². The first-order valence-electron chi connectivity index (χ1n) is 8.79. The molecule has 0 saturated heterocycles. The van der Waals surface area contributed by atoms with E-state index in [1.165, 1.54) is 22.3 Å². The quantitative estimate of drug-likeness (QED) is 0.377. The average Bonchev–Trinajstić information content (AvgIpc) is 2.48. The van der Waals surface area contributed by atoms with Crippen LogP contribution in [0.1, 0.15) is 54.9 Å². The van der Waals surface area contributed by atoms with E-state index >= 15 is 0 Å². The SMILES string of the molecule is CCNC(=NCc1c(C)cc(C)cc1C)NC1CCC(O)CC1.I. The van der Waals surface area contributed by atoms with Crippen molar-refractivity contribution in [2.45, 2.75) is 72.1 Å². The van der Waals surface area contributed by atoms with Crippen LogP contribution in [0.4, 0.5) is 0 Å². The fraction of sp³-hybridized carbons (Fsp3) is 0.632. The van der Waals surface area contributed by atoms with Crippen LogP contribution in [0.5, 0.6) is 0 Å². The van der Waals surface area contributed by atoms with Crippen molar-refractivity contribution < 1.29 is 5.11 Å². The number of hydrogen-bond donors (Lipinski definition) is 3. The number of aryl methyl sites for hydroxylation is 3. The number of aliphatic hydroxyl groups is 1. The summed E-state index contributed by atoms with van der Waals surface area (Å²) in [6, 6.07) is 4.86. The molecule has 2 rings (SSSR count). The van der Waals surface area contributed by atoms with Gasteiger partial charge in [0.2, 0.25) is 0 Å². The van der Waals surface area contributed by atoms with Gasteiger partial charge in [-0.15, -0.1) is 24.0 Å². The van der Waals surface area contributed by atoms with E-state index in [-0.39, 0.29) is 30.1 Å². The normalized spacial score (nSPS) is 21.1. The Kier molecular flexibility index (Phi) is 9.05. The average molecular weight is 445 g/mol. The lowest BCUT2D eigenvalue weighted by molar-refractivity contribution is 0.120. The molecule has 1 aromatic carbocycles. The molecule has 136 valence electrons. The summed E-state index contributed by atoms with van der Waals surface area (Å²) in [5.41, 5.74) is 5.23. The van der Waals surface area contributed by atoms with Crippen molar-refractivity contribution in [3.05, 3.63) is 34.4 Å². The zero-order valence-corrected chi connectivity index (χ0v) is 17.7. The number of nitrogens with one attached hydrogen (secondary N) is 2. The molecule has 0 atom stereocenters. The molecule has 0 spiro atoms. The summed E-state index contributed by atoms with van der Waals surface area (Å²) in [6.45, 7) is 10.1. The molecule has 0 radical (unpaired) electrons. The molecule has 0 heterocycles. The standard InChI is InChI=1S/C19H31N3O.HI/c1-5-20-19(22-16-6-8-17(23)9-7-16)21-12-18-14(3)10-13(2)11-15(18)4;/h10-11,16-17,23H,5-9,12H2,1-4H3,(H2,20,21,22);1H. The zero-order valence-electron chi connectivity index (χ0n) is 15.4. The Balaban J connectivity index is 0.00000288. The number of aliphatic hydroxyl groups excluding tert-OH is 1. The van der Waals surface area contributed by atoms with Crippen LogP contribution in [0.15, 0.2) is 17.1 Å². The molecule has 0 unspecified atom stereocenters. The van der Waals surface area contributed by atoms with Crippen LogP contribution in [0.3, 0.4) is 0 Å². The summed E-state index contributed by atoms with van der Waals surface area (Å²) in [7, 11) is 0. The maximum atomic E-state index is 9.63. The number of halogens is 1. The lowest BCUT2D eigenvalue weighted by Crippen LogP contribution is -2.45. The van der Waals surface area contributed by atoms with E-state index in [4.69, 9.17) is 4.99 Å². The van der Waals surface area contributed by atoms with Gasteiger partial charge in [-0.2, -0.15) is 0 Å². The first-order chi connectivity index (χ1) is 11.0. The molecule has 1 aliphatic rings. The molecule has 3 N–H and O–H groups in total. The predicted molar refractivity (Wildman–Crippen MR) is 112 cm³/mol. The Morgan fingerprint density at radius 2 is 1.71 bits per heavy atom. The topological polar surface area (TPSA) is 56.7 Å². The second-order valence-electron chi connectivity index (χ2n) is 6.72. The van der Waals surface area contributed by atoms with Gasteiger partial charge in [0.05, 0.1) is 12.6 Å². The number of nitrogens with zero attached hydrogens (tertiary/aromatic N) is 1. The van der Waals surface area contributed by atoms with Crippen molar-refractivity contribution in [2.75, 3.05) is 6.54 Å². The first-order valence-corrected chi connectivity index (χ1v) is 8.79. The van der Waals surface area contributed by atoms with Crippen molar-refractivity contribution >= 4 is 29.9 Å². The van der Waals surface area contributed by atoms with Crippen LogP contribution < -0.4 is 10.6 Å². The van der Waals surface area contributed by atoms with Gasteiger partial charge in [0.15, 0.2) is 5.96 Å². The fourth-order valence-corrected chi connectivity index (χ4v) is 3.35. The highest BCUT2D eigenvalue weighted by atomic mass is 127. The monoisotopic (exact) mass is 445 g/mol. The molecule has 4 nitrogen and oxygen atoms in total. The van der Waals surface area contributed by atoms with Gasteiger partial charge in [-0.25, -0.2) is 4.99 Å². The third-order valence-electron chi connectivity index (χ3n) is 4.62. The maximum absolute atomic E-state index is 9.63. The van der Waals surface area contributed by atoms with E-state index in [2.05, 4.69) is 50.5 Å². The molecule has 24 heavy (non-hydrogen) atoms. The summed E-state index contributed by atoms with van der Waals surface area (Å²) in [4.78, 5) is 4.78. The molecular formula is C19H32IN3O. The van der Waals surface area contributed by atoms with E-state index in [9.17, 15) is 5.11 Å². The predicted octanol–water partition coefficient (Wildman–Crippen LogP) is 3.59. The van der Waals surface area contributed by atoms with Crippen molar-refractivity contribution in [1.82, 2.24) is 10.6 Å². The number of rotatable bonds is 4. The van der Waals surface area contributed by atoms with Crippen molar-refractivity contribution in [2.24, 2.45) is 4.99 Å². The van der Waals surface area contributed by atoms with Gasteiger partial charge < -0.3 is 15.7 Å². The van der Waals surface area contributed by atoms with Gasteiger partial charge in [-0.3, -0.25) is 0 Å². The Labute approximate surface area is 163 Å². The summed E-state index contributed by atoms with van der Waals surface area (Å²) in [5, 5.41) is 16.5. The van der Waals surface area contributed by atoms with Gasteiger partial charge in [-0.05, 0) is 70.1 Å². The van der Waals surface area contributed by atoms with Crippen LogP contribution in [0.2, 0.25) is 0 Å². The summed E-state index contributed by atoms with van der Waals surface area (Å²) >= 11 is 0. The Morgan fingerprint density at radius 3 is 2.25 bits per heavy atom. The number of hydrogen-bond acceptors (Lipinski definition) is 2. The minimum Gasteiger partial charge on any atom is -0.393 e. The van der Waals surface area contributed by atoms with Crippen molar-refractivity contribution in [3.8, 4) is 0 Å². The second kappa shape index (κ2) is 10.2. The highest BCUT2D eigenvalue weighted by Crippen LogP contribution is 2.19. The molecule has 0 aliphatic heterocycles. The van der Waals surface area contributed by atoms with Gasteiger partial charge in [0.25, 0.3) is 0 Å². The van der Waals surface area contributed by atoms with Crippen LogP contribution in [0.25, 0.3) is 0 Å². The molecule has 1 saturated carbocycles. The fourth-order valence-electron chi connectivity index (χ4n) is 3.35. The summed E-state index contributed by atoms with van der Waals surface area (Å²) < 4.78 is 0. The van der Waals surface area contributed by atoms with Gasteiger partial charge in [0, 0.05) is 12.6 Å². The van der Waals surface area contributed by atoms with Crippen molar-refractivity contribution in [3.63, 3.8) is 0 Å². The smallest absolute Gasteiger partial charge is 0.191 e. The lowest BCUT2D eigenvalue weighted by atomic mass is 9.93. The molecule has 5 heteroatoms. The van der Waals surface area contributed by atoms with Crippen LogP contribution >= 0.6 is 24.0 Å². The molecule has 1 aromatic rings. The Hall–Kier alpha value is -0.820. The molecular weight excluding hydrogens is 413 g/mol. The van der Waals surface area contributed by atoms with E-state index in [0.29, 0.717) is 12.6 Å². The molecule has 0 bridgehead atoms. The minimum absolute atomic E-state index is 0. The minimum atomic E-state index is -0.120. The van der Waals surface area contributed by atoms with Crippen LogP contribution in [0, 0.1) is 20.8 Å². The maximum Gasteiger partial charge on any atom is 0.191 e. The first kappa shape index (κ1) is 21.2. The highest BCUT2D eigenvalue weighted by molar-refractivity contribution is 14.0. The Morgan fingerprint density at radius 1 is 1.12 bits per heavy atom. The molecule has 1 fully saturated rings. The second-order valence-corrected chi connectivity index (χ2v) is 6.72. The largest absolute Gasteiger partial charge is 0.393 e. The summed E-state index contributed by atoms with van der Waals surface area (Å²) in [5.74, 6) is 0.883. The van der Waals surface area contributed by atoms with Gasteiger partial charge in [0.1, 0.15) is 0 Å². The third-order valence-corrected chi connectivity index (χ3v) is 4.62. The van der Waals surface area contributed by atoms with Crippen molar-refractivity contribution in [1.29, 1.82) is 0 Å². The Bertz CT molecular complexity index is 529. The van der Waals surface area contributed by atoms with Gasteiger partial charge >= 0.3 is 0 Å². The number of aliphatic imine (C=N–C) groups is 1. The van der Waals surface area contributed by atoms with E-state index in [1.807, 2.05) is 0 Å². The molecule has 0 aromatic heterocycles. The lowest BCUT2D eigenvalue weighted by Gasteiger charge is -2.27. The molecule has 0 amide bonds.